The third-order valence-electron chi connectivity index (χ3n) is 4.78. The predicted octanol–water partition coefficient (Wildman–Crippen LogP) is 3.74. The monoisotopic (exact) mass is 521 g/mol. The van der Waals surface area contributed by atoms with Gasteiger partial charge in [-0.2, -0.15) is 0 Å². The molecule has 0 bridgehead atoms. The molecule has 3 aromatic rings. The molecule has 11 nitrogen and oxygen atoms in total. The smallest absolute Gasteiger partial charge is 0.288 e. The molecule has 0 fully saturated rings. The van der Waals surface area contributed by atoms with Gasteiger partial charge < -0.3 is 19.5 Å². The SMILES string of the molecule is COc1ccc(OC)c(COc2cc(NC(=O)c3ccc(Cl)c([N+](=O)[O-])c3)ccc2S(N)(=O)=O)c1. The molecule has 3 aromatic carbocycles. The summed E-state index contributed by atoms with van der Waals surface area (Å²) in [5.74, 6) is 0.205. The molecule has 3 N–H and O–H groups in total. The van der Waals surface area contributed by atoms with E-state index in [2.05, 4.69) is 5.32 Å². The van der Waals surface area contributed by atoms with Crippen LogP contribution in [0.1, 0.15) is 15.9 Å². The number of nitrogens with two attached hydrogens (primary N) is 1. The van der Waals surface area contributed by atoms with Gasteiger partial charge >= 0.3 is 0 Å². The Hall–Kier alpha value is -3.87. The van der Waals surface area contributed by atoms with Crippen molar-refractivity contribution >= 4 is 38.9 Å². The van der Waals surface area contributed by atoms with Crippen molar-refractivity contribution in [2.45, 2.75) is 11.5 Å². The molecule has 3 rings (SSSR count). The Kier molecular flexibility index (Phi) is 7.79. The third-order valence-corrected chi connectivity index (χ3v) is 6.05. The van der Waals surface area contributed by atoms with Crippen LogP contribution in [0.5, 0.6) is 17.2 Å². The first-order chi connectivity index (χ1) is 16.5. The summed E-state index contributed by atoms with van der Waals surface area (Å²) in [5, 5.41) is 18.8. The number of sulfonamides is 1. The van der Waals surface area contributed by atoms with Crippen LogP contribution in [0.4, 0.5) is 11.4 Å². The van der Waals surface area contributed by atoms with E-state index in [1.165, 1.54) is 44.6 Å². The molecule has 35 heavy (non-hydrogen) atoms. The Labute approximate surface area is 205 Å². The molecule has 0 heterocycles. The number of hydrogen-bond acceptors (Lipinski definition) is 8. The van der Waals surface area contributed by atoms with Crippen molar-refractivity contribution < 1.29 is 32.3 Å². The fourth-order valence-electron chi connectivity index (χ4n) is 3.08. The van der Waals surface area contributed by atoms with Gasteiger partial charge in [0.2, 0.25) is 10.0 Å². The number of amides is 1. The number of primary sulfonamides is 1. The fraction of sp³-hybridized carbons (Fsp3) is 0.136. The first kappa shape index (κ1) is 25.7. The molecule has 0 saturated heterocycles. The Morgan fingerprint density at radius 3 is 2.43 bits per heavy atom. The van der Waals surface area contributed by atoms with Crippen LogP contribution in [0.15, 0.2) is 59.5 Å². The van der Waals surface area contributed by atoms with Gasteiger partial charge in [-0.05, 0) is 42.5 Å². The second-order valence-corrected chi connectivity index (χ2v) is 8.99. The summed E-state index contributed by atoms with van der Waals surface area (Å²) in [7, 11) is -1.20. The highest BCUT2D eigenvalue weighted by molar-refractivity contribution is 7.89. The second kappa shape index (κ2) is 10.6. The number of ether oxygens (including phenoxy) is 3. The number of nitrogens with zero attached hydrogens (tertiary/aromatic N) is 1. The number of carbonyl (C=O) groups is 1. The third kappa shape index (κ3) is 6.18. The van der Waals surface area contributed by atoms with Crippen LogP contribution in [0.3, 0.4) is 0 Å². The summed E-state index contributed by atoms with van der Waals surface area (Å²) in [4.78, 5) is 22.7. The summed E-state index contributed by atoms with van der Waals surface area (Å²) in [5.41, 5.74) is 0.267. The molecule has 0 atom stereocenters. The van der Waals surface area contributed by atoms with Gasteiger partial charge in [-0.1, -0.05) is 11.6 Å². The van der Waals surface area contributed by atoms with Crippen LogP contribution >= 0.6 is 11.6 Å². The van der Waals surface area contributed by atoms with Crippen molar-refractivity contribution in [1.29, 1.82) is 0 Å². The number of carbonyl (C=O) groups excluding carboxylic acids is 1. The van der Waals surface area contributed by atoms with E-state index in [1.54, 1.807) is 18.2 Å². The van der Waals surface area contributed by atoms with E-state index in [0.717, 1.165) is 6.07 Å². The highest BCUT2D eigenvalue weighted by atomic mass is 35.5. The number of nitrogens with one attached hydrogen (secondary N) is 1. The highest BCUT2D eigenvalue weighted by Gasteiger charge is 2.20. The van der Waals surface area contributed by atoms with Gasteiger partial charge in [-0.25, -0.2) is 13.6 Å². The van der Waals surface area contributed by atoms with Crippen LogP contribution in [-0.4, -0.2) is 33.5 Å². The lowest BCUT2D eigenvalue weighted by molar-refractivity contribution is -0.384. The van der Waals surface area contributed by atoms with E-state index in [1.807, 2.05) is 0 Å². The minimum absolute atomic E-state index is 0.0276. The minimum atomic E-state index is -4.17. The van der Waals surface area contributed by atoms with Crippen LogP contribution < -0.4 is 24.7 Å². The standard InChI is InChI=1S/C22H20ClN3O8S/c1-32-16-5-7-19(33-2)14(9-16)12-34-20-11-15(4-8-21(20)35(24,30)31)25-22(27)13-3-6-17(23)18(10-13)26(28)29/h3-11H,12H2,1-2H3,(H,25,27)(H2,24,30,31). The number of anilines is 1. The summed E-state index contributed by atoms with van der Waals surface area (Å²) >= 11 is 5.79. The van der Waals surface area contributed by atoms with Gasteiger partial charge in [0, 0.05) is 28.9 Å². The normalized spacial score (nSPS) is 11.0. The molecule has 0 aliphatic rings. The number of nitro benzene ring substituents is 1. The van der Waals surface area contributed by atoms with Crippen molar-refractivity contribution in [3.05, 3.63) is 80.9 Å². The maximum Gasteiger partial charge on any atom is 0.288 e. The molecule has 0 saturated carbocycles. The second-order valence-electron chi connectivity index (χ2n) is 7.05. The van der Waals surface area contributed by atoms with E-state index >= 15 is 0 Å². The van der Waals surface area contributed by atoms with Crippen molar-refractivity contribution in [1.82, 2.24) is 0 Å². The first-order valence-electron chi connectivity index (χ1n) is 9.79. The summed E-state index contributed by atoms with van der Waals surface area (Å²) in [6.45, 7) is -0.107. The molecule has 184 valence electrons. The molecular weight excluding hydrogens is 502 g/mol. The number of benzene rings is 3. The lowest BCUT2D eigenvalue weighted by Gasteiger charge is -2.15. The van der Waals surface area contributed by atoms with Crippen molar-refractivity contribution in [3.63, 3.8) is 0 Å². The Morgan fingerprint density at radius 2 is 1.80 bits per heavy atom. The maximum atomic E-state index is 12.6. The minimum Gasteiger partial charge on any atom is -0.497 e. The van der Waals surface area contributed by atoms with Gasteiger partial charge in [-0.3, -0.25) is 14.9 Å². The van der Waals surface area contributed by atoms with Crippen LogP contribution in [0, 0.1) is 10.1 Å². The van der Waals surface area contributed by atoms with Gasteiger partial charge in [0.25, 0.3) is 11.6 Å². The topological polar surface area (TPSA) is 160 Å². The lowest BCUT2D eigenvalue weighted by atomic mass is 10.2. The van der Waals surface area contributed by atoms with Gasteiger partial charge in [-0.15, -0.1) is 0 Å². The number of methoxy groups -OCH3 is 2. The Bertz CT molecular complexity index is 1400. The van der Waals surface area contributed by atoms with E-state index in [4.69, 9.17) is 31.0 Å². The fourth-order valence-corrected chi connectivity index (χ4v) is 3.92. The van der Waals surface area contributed by atoms with Gasteiger partial charge in [0.15, 0.2) is 0 Å². The molecular formula is C22H20ClN3O8S. The van der Waals surface area contributed by atoms with Crippen LogP contribution in [0.25, 0.3) is 0 Å². The summed E-state index contributed by atoms with van der Waals surface area (Å²) < 4.78 is 40.4. The van der Waals surface area contributed by atoms with Gasteiger partial charge in [0.1, 0.15) is 33.8 Å². The number of hydrogen-bond donors (Lipinski definition) is 2. The Balaban J connectivity index is 1.90. The zero-order chi connectivity index (χ0) is 25.8. The van der Waals surface area contributed by atoms with Gasteiger partial charge in [0.05, 0.1) is 19.1 Å². The average Bonchev–Trinajstić information content (AvgIpc) is 2.81. The molecule has 1 amide bonds. The molecule has 0 unspecified atom stereocenters. The van der Waals surface area contributed by atoms with Crippen molar-refractivity contribution in [2.75, 3.05) is 19.5 Å². The maximum absolute atomic E-state index is 12.6. The van der Waals surface area contributed by atoms with E-state index < -0.39 is 26.5 Å². The molecule has 0 aromatic heterocycles. The lowest BCUT2D eigenvalue weighted by Crippen LogP contribution is -2.16. The number of rotatable bonds is 9. The van der Waals surface area contributed by atoms with Crippen LogP contribution in [-0.2, 0) is 16.6 Å². The predicted molar refractivity (Wildman–Crippen MR) is 128 cm³/mol. The van der Waals surface area contributed by atoms with Crippen molar-refractivity contribution in [2.24, 2.45) is 5.14 Å². The zero-order valence-electron chi connectivity index (χ0n) is 18.5. The molecule has 0 aliphatic heterocycles. The highest BCUT2D eigenvalue weighted by Crippen LogP contribution is 2.31. The molecule has 13 heteroatoms. The molecule has 0 aliphatic carbocycles. The molecule has 0 spiro atoms. The Morgan fingerprint density at radius 1 is 1.06 bits per heavy atom. The average molecular weight is 522 g/mol. The summed E-state index contributed by atoms with van der Waals surface area (Å²) in [6.07, 6.45) is 0. The van der Waals surface area contributed by atoms with Crippen molar-refractivity contribution in [3.8, 4) is 17.2 Å². The van der Waals surface area contributed by atoms with E-state index in [9.17, 15) is 23.3 Å². The molecule has 0 radical (unpaired) electrons. The quantitative estimate of drug-likeness (QED) is 0.318. The summed E-state index contributed by atoms with van der Waals surface area (Å²) in [6, 6.07) is 12.3. The van der Waals surface area contributed by atoms with Crippen LogP contribution in [0.2, 0.25) is 5.02 Å². The van der Waals surface area contributed by atoms with E-state index in [0.29, 0.717) is 17.1 Å². The van der Waals surface area contributed by atoms with E-state index in [-0.39, 0.29) is 33.5 Å². The first-order valence-corrected chi connectivity index (χ1v) is 11.7. The largest absolute Gasteiger partial charge is 0.497 e. The number of halogens is 1. The number of nitro groups is 1. The zero-order valence-corrected chi connectivity index (χ0v) is 20.1.